The fraction of sp³-hybridized carbons (Fsp3) is 0.692. The molecule has 0 aliphatic rings. The van der Waals surface area contributed by atoms with Crippen molar-refractivity contribution in [3.05, 3.63) is 12.2 Å². The Morgan fingerprint density at radius 3 is 2.83 bits per heavy atom. The quantitative estimate of drug-likeness (QED) is 0.361. The van der Waals surface area contributed by atoms with Crippen molar-refractivity contribution in [2.75, 3.05) is 33.7 Å². The molecule has 1 amide bonds. The van der Waals surface area contributed by atoms with Gasteiger partial charge in [-0.3, -0.25) is 15.1 Å². The number of amides is 1. The molecule has 18 heavy (non-hydrogen) atoms. The maximum Gasteiger partial charge on any atom is 0.243 e. The maximum absolute atomic E-state index is 10.9. The summed E-state index contributed by atoms with van der Waals surface area (Å²) in [5.74, 6) is -0.121. The Balaban J connectivity index is 3.64. The first kappa shape index (κ1) is 16.8. The summed E-state index contributed by atoms with van der Waals surface area (Å²) in [7, 11) is 3.71. The minimum atomic E-state index is -0.121. The van der Waals surface area contributed by atoms with Gasteiger partial charge in [0.15, 0.2) is 0 Å². The maximum atomic E-state index is 10.9. The Morgan fingerprint density at radius 2 is 2.22 bits per heavy atom. The molecule has 0 aromatic carbocycles. The largest absolute Gasteiger partial charge is 0.356 e. The third-order valence-corrected chi connectivity index (χ3v) is 2.59. The molecule has 0 rings (SSSR count). The average Bonchev–Trinajstić information content (AvgIpc) is 2.38. The molecule has 0 aliphatic heterocycles. The first-order chi connectivity index (χ1) is 8.60. The molecular formula is C13H26N4O. The second-order valence-corrected chi connectivity index (χ2v) is 4.15. The second-order valence-electron chi connectivity index (χ2n) is 4.15. The van der Waals surface area contributed by atoms with Crippen LogP contribution in [0.15, 0.2) is 17.1 Å². The highest BCUT2D eigenvalue weighted by Crippen LogP contribution is 1.88. The first-order valence-electron chi connectivity index (χ1n) is 6.43. The number of allylic oxidation sites excluding steroid dienone is 1. The van der Waals surface area contributed by atoms with Gasteiger partial charge in [0.25, 0.3) is 0 Å². The van der Waals surface area contributed by atoms with Gasteiger partial charge in [-0.05, 0) is 46.1 Å². The molecular weight excluding hydrogens is 228 g/mol. The van der Waals surface area contributed by atoms with Crippen molar-refractivity contribution in [2.24, 2.45) is 4.99 Å². The summed E-state index contributed by atoms with van der Waals surface area (Å²) >= 11 is 0. The summed E-state index contributed by atoms with van der Waals surface area (Å²) in [6.45, 7) is 7.27. The molecule has 0 fully saturated rings. The van der Waals surface area contributed by atoms with E-state index in [1.165, 1.54) is 6.08 Å². The number of rotatable bonds is 9. The number of carbonyl (C=O) groups excluding carboxylic acids is 1. The van der Waals surface area contributed by atoms with Crippen LogP contribution in [0.25, 0.3) is 0 Å². The zero-order valence-corrected chi connectivity index (χ0v) is 11.9. The normalized spacial score (nSPS) is 13.6. The van der Waals surface area contributed by atoms with Crippen LogP contribution in [0, 0.1) is 0 Å². The predicted molar refractivity (Wildman–Crippen MR) is 77.0 cm³/mol. The first-order valence-corrected chi connectivity index (χ1v) is 6.43. The summed E-state index contributed by atoms with van der Waals surface area (Å²) in [6.07, 6.45) is 5.92. The molecule has 0 saturated heterocycles. The molecule has 5 heteroatoms. The van der Waals surface area contributed by atoms with Crippen LogP contribution in [-0.2, 0) is 4.79 Å². The standard InChI is InChI=1S/C13H26N4O/c1-5-17(4)11-7-10-16-12(2)15-9-6-8-13(18)14-3/h6,8-9,12,16H,5,7,10-11H2,1-4H3,(H,14,18)/b8-6+,15-9-. The van der Waals surface area contributed by atoms with Crippen molar-refractivity contribution in [3.8, 4) is 0 Å². The minimum Gasteiger partial charge on any atom is -0.356 e. The van der Waals surface area contributed by atoms with Gasteiger partial charge < -0.3 is 10.2 Å². The Labute approximate surface area is 110 Å². The van der Waals surface area contributed by atoms with E-state index in [4.69, 9.17) is 0 Å². The van der Waals surface area contributed by atoms with Gasteiger partial charge in [0, 0.05) is 19.3 Å². The molecule has 5 nitrogen and oxygen atoms in total. The van der Waals surface area contributed by atoms with Crippen LogP contribution in [0.4, 0.5) is 0 Å². The van der Waals surface area contributed by atoms with Crippen LogP contribution in [0.3, 0.4) is 0 Å². The third-order valence-electron chi connectivity index (χ3n) is 2.59. The van der Waals surface area contributed by atoms with Gasteiger partial charge in [-0.2, -0.15) is 0 Å². The lowest BCUT2D eigenvalue weighted by Crippen LogP contribution is -2.28. The number of aliphatic imine (C=N–C) groups is 1. The van der Waals surface area contributed by atoms with Crippen LogP contribution in [0.1, 0.15) is 20.3 Å². The number of hydrogen-bond acceptors (Lipinski definition) is 4. The number of carbonyl (C=O) groups is 1. The fourth-order valence-electron chi connectivity index (χ4n) is 1.26. The highest BCUT2D eigenvalue weighted by Gasteiger charge is 1.97. The van der Waals surface area contributed by atoms with Crippen molar-refractivity contribution < 1.29 is 4.79 Å². The smallest absolute Gasteiger partial charge is 0.243 e. The van der Waals surface area contributed by atoms with Gasteiger partial charge in [-0.1, -0.05) is 6.92 Å². The molecule has 0 spiro atoms. The van der Waals surface area contributed by atoms with E-state index in [-0.39, 0.29) is 12.1 Å². The molecule has 1 unspecified atom stereocenters. The lowest BCUT2D eigenvalue weighted by Gasteiger charge is -2.14. The fourth-order valence-corrected chi connectivity index (χ4v) is 1.26. The lowest BCUT2D eigenvalue weighted by molar-refractivity contribution is -0.116. The summed E-state index contributed by atoms with van der Waals surface area (Å²) in [6, 6.07) is 0. The van der Waals surface area contributed by atoms with Gasteiger partial charge in [0.1, 0.15) is 0 Å². The number of nitrogens with zero attached hydrogens (tertiary/aromatic N) is 2. The molecule has 0 aromatic rings. The van der Waals surface area contributed by atoms with Gasteiger partial charge in [0.2, 0.25) is 5.91 Å². The van der Waals surface area contributed by atoms with E-state index in [1.54, 1.807) is 19.3 Å². The Hall–Kier alpha value is -1.20. The molecule has 0 bridgehead atoms. The van der Waals surface area contributed by atoms with Crippen LogP contribution in [-0.4, -0.2) is 56.9 Å². The molecule has 104 valence electrons. The van der Waals surface area contributed by atoms with Gasteiger partial charge in [-0.25, -0.2) is 0 Å². The number of likely N-dealkylation sites (N-methyl/N-ethyl adjacent to an activating group) is 1. The molecule has 2 N–H and O–H groups in total. The number of hydrogen-bond donors (Lipinski definition) is 2. The monoisotopic (exact) mass is 254 g/mol. The summed E-state index contributed by atoms with van der Waals surface area (Å²) in [4.78, 5) is 17.4. The molecule has 1 atom stereocenters. The van der Waals surface area contributed by atoms with E-state index in [0.29, 0.717) is 0 Å². The molecule has 0 radical (unpaired) electrons. The van der Waals surface area contributed by atoms with Crippen molar-refractivity contribution in [2.45, 2.75) is 26.4 Å². The topological polar surface area (TPSA) is 56.7 Å². The van der Waals surface area contributed by atoms with Gasteiger partial charge in [-0.15, -0.1) is 0 Å². The second kappa shape index (κ2) is 10.9. The third kappa shape index (κ3) is 9.99. The van der Waals surface area contributed by atoms with E-state index >= 15 is 0 Å². The average molecular weight is 254 g/mol. The summed E-state index contributed by atoms with van der Waals surface area (Å²) < 4.78 is 0. The predicted octanol–water partition coefficient (Wildman–Crippen LogP) is 0.637. The van der Waals surface area contributed by atoms with E-state index in [9.17, 15) is 4.79 Å². The van der Waals surface area contributed by atoms with Gasteiger partial charge >= 0.3 is 0 Å². The van der Waals surface area contributed by atoms with Crippen LogP contribution < -0.4 is 10.6 Å². The number of nitrogens with one attached hydrogen (secondary N) is 2. The van der Waals surface area contributed by atoms with Crippen LogP contribution >= 0.6 is 0 Å². The Kier molecular flexibility index (Phi) is 10.2. The van der Waals surface area contributed by atoms with Crippen molar-refractivity contribution in [1.29, 1.82) is 0 Å². The molecule has 0 heterocycles. The highest BCUT2D eigenvalue weighted by molar-refractivity contribution is 5.91. The summed E-state index contributed by atoms with van der Waals surface area (Å²) in [5, 5.41) is 5.81. The van der Waals surface area contributed by atoms with Gasteiger partial charge in [0.05, 0.1) is 6.17 Å². The van der Waals surface area contributed by atoms with Crippen molar-refractivity contribution in [1.82, 2.24) is 15.5 Å². The highest BCUT2D eigenvalue weighted by atomic mass is 16.1. The van der Waals surface area contributed by atoms with Crippen LogP contribution in [0.5, 0.6) is 0 Å². The molecule has 0 saturated carbocycles. The molecule has 0 aliphatic carbocycles. The minimum absolute atomic E-state index is 0.0753. The Morgan fingerprint density at radius 1 is 1.50 bits per heavy atom. The lowest BCUT2D eigenvalue weighted by atomic mass is 10.4. The van der Waals surface area contributed by atoms with Crippen molar-refractivity contribution in [3.63, 3.8) is 0 Å². The zero-order chi connectivity index (χ0) is 13.8. The van der Waals surface area contributed by atoms with E-state index < -0.39 is 0 Å². The van der Waals surface area contributed by atoms with E-state index in [0.717, 1.165) is 26.1 Å². The Bertz CT molecular complexity index is 276. The summed E-state index contributed by atoms with van der Waals surface area (Å²) in [5.41, 5.74) is 0. The SMILES string of the molecule is CCN(C)CCCNC(C)/N=C\C=C\C(=O)NC. The van der Waals surface area contributed by atoms with Crippen LogP contribution in [0.2, 0.25) is 0 Å². The van der Waals surface area contributed by atoms with Crippen molar-refractivity contribution >= 4 is 12.1 Å². The molecule has 0 aromatic heterocycles. The van der Waals surface area contributed by atoms with E-state index in [2.05, 4.69) is 34.5 Å². The zero-order valence-electron chi connectivity index (χ0n) is 11.9. The van der Waals surface area contributed by atoms with E-state index in [1.807, 2.05) is 6.92 Å².